The van der Waals surface area contributed by atoms with Gasteiger partial charge < -0.3 is 5.32 Å². The molecule has 27 heavy (non-hydrogen) atoms. The maximum absolute atomic E-state index is 12.5. The van der Waals surface area contributed by atoms with E-state index >= 15 is 0 Å². The van der Waals surface area contributed by atoms with Crippen LogP contribution in [0.25, 0.3) is 0 Å². The SMILES string of the molecule is CN(CC(=O)Nc1cnc(C(C)(C)C)nc1)S(=O)(=O)c1ccc(C#N)cc1. The van der Waals surface area contributed by atoms with Crippen LogP contribution < -0.4 is 5.32 Å². The topological polar surface area (TPSA) is 116 Å². The molecule has 0 saturated heterocycles. The Kier molecular flexibility index (Phi) is 5.93. The number of hydrogen-bond acceptors (Lipinski definition) is 6. The summed E-state index contributed by atoms with van der Waals surface area (Å²) >= 11 is 0. The molecule has 0 spiro atoms. The Bertz CT molecular complexity index is 956. The number of benzene rings is 1. The first-order valence-electron chi connectivity index (χ1n) is 8.13. The zero-order valence-corrected chi connectivity index (χ0v) is 16.4. The maximum Gasteiger partial charge on any atom is 0.243 e. The van der Waals surface area contributed by atoms with Gasteiger partial charge in [0.05, 0.1) is 41.2 Å². The molecule has 0 radical (unpaired) electrons. The smallest absolute Gasteiger partial charge is 0.243 e. The van der Waals surface area contributed by atoms with E-state index in [2.05, 4.69) is 15.3 Å². The van der Waals surface area contributed by atoms with Gasteiger partial charge in [0, 0.05) is 12.5 Å². The monoisotopic (exact) mass is 387 g/mol. The molecule has 142 valence electrons. The van der Waals surface area contributed by atoms with Crippen LogP contribution in [0.4, 0.5) is 5.69 Å². The Labute approximate surface area is 158 Å². The number of nitrogens with one attached hydrogen (secondary N) is 1. The molecule has 1 N–H and O–H groups in total. The molecule has 0 saturated carbocycles. The lowest BCUT2D eigenvalue weighted by atomic mass is 9.96. The van der Waals surface area contributed by atoms with Gasteiger partial charge in [-0.2, -0.15) is 9.57 Å². The summed E-state index contributed by atoms with van der Waals surface area (Å²) < 4.78 is 26.0. The van der Waals surface area contributed by atoms with Crippen molar-refractivity contribution >= 4 is 21.6 Å². The summed E-state index contributed by atoms with van der Waals surface area (Å²) in [6.45, 7) is 5.56. The first kappa shape index (κ1) is 20.5. The van der Waals surface area contributed by atoms with E-state index in [4.69, 9.17) is 5.26 Å². The molecular weight excluding hydrogens is 366 g/mol. The summed E-state index contributed by atoms with van der Waals surface area (Å²) in [7, 11) is -2.53. The van der Waals surface area contributed by atoms with Crippen LogP contribution in [0.1, 0.15) is 32.2 Å². The van der Waals surface area contributed by atoms with Crippen LogP contribution in [0, 0.1) is 11.3 Å². The van der Waals surface area contributed by atoms with Gasteiger partial charge in [-0.25, -0.2) is 18.4 Å². The van der Waals surface area contributed by atoms with Gasteiger partial charge in [0.15, 0.2) is 0 Å². The molecule has 1 heterocycles. The Morgan fingerprint density at radius 2 is 1.74 bits per heavy atom. The number of carbonyl (C=O) groups is 1. The van der Waals surface area contributed by atoms with Gasteiger partial charge in [0.1, 0.15) is 5.82 Å². The van der Waals surface area contributed by atoms with Crippen LogP contribution in [-0.4, -0.2) is 42.2 Å². The van der Waals surface area contributed by atoms with Gasteiger partial charge in [0.2, 0.25) is 15.9 Å². The predicted molar refractivity (Wildman–Crippen MR) is 100 cm³/mol. The minimum Gasteiger partial charge on any atom is -0.322 e. The highest BCUT2D eigenvalue weighted by molar-refractivity contribution is 7.89. The minimum absolute atomic E-state index is 0.00895. The molecule has 0 atom stereocenters. The van der Waals surface area contributed by atoms with E-state index in [0.717, 1.165) is 4.31 Å². The third kappa shape index (κ3) is 5.09. The molecule has 9 heteroatoms. The highest BCUT2D eigenvalue weighted by Crippen LogP contribution is 2.18. The number of rotatable bonds is 5. The van der Waals surface area contributed by atoms with Gasteiger partial charge in [-0.05, 0) is 24.3 Å². The number of likely N-dealkylation sites (N-methyl/N-ethyl adjacent to an activating group) is 1. The molecule has 8 nitrogen and oxygen atoms in total. The Hall–Kier alpha value is -2.83. The molecule has 1 aromatic heterocycles. The zero-order chi connectivity index (χ0) is 20.2. The van der Waals surface area contributed by atoms with Crippen molar-refractivity contribution in [3.8, 4) is 6.07 Å². The summed E-state index contributed by atoms with van der Waals surface area (Å²) in [6, 6.07) is 7.42. The van der Waals surface area contributed by atoms with Gasteiger partial charge in [-0.3, -0.25) is 4.79 Å². The van der Waals surface area contributed by atoms with Gasteiger partial charge in [-0.1, -0.05) is 20.8 Å². The number of aromatic nitrogens is 2. The van der Waals surface area contributed by atoms with E-state index in [1.54, 1.807) is 0 Å². The van der Waals surface area contributed by atoms with E-state index in [1.165, 1.54) is 43.7 Å². The molecule has 0 bridgehead atoms. The van der Waals surface area contributed by atoms with Crippen LogP contribution in [0.2, 0.25) is 0 Å². The zero-order valence-electron chi connectivity index (χ0n) is 15.6. The Morgan fingerprint density at radius 3 is 2.22 bits per heavy atom. The highest BCUT2D eigenvalue weighted by atomic mass is 32.2. The average molecular weight is 387 g/mol. The quantitative estimate of drug-likeness (QED) is 0.838. The van der Waals surface area contributed by atoms with Crippen LogP contribution in [-0.2, 0) is 20.2 Å². The fourth-order valence-electron chi connectivity index (χ4n) is 2.15. The molecule has 0 fully saturated rings. The molecule has 0 unspecified atom stereocenters. The fraction of sp³-hybridized carbons (Fsp3) is 0.333. The number of amides is 1. The number of hydrogen-bond donors (Lipinski definition) is 1. The van der Waals surface area contributed by atoms with Crippen molar-refractivity contribution in [3.05, 3.63) is 48.0 Å². The van der Waals surface area contributed by atoms with Gasteiger partial charge in [-0.15, -0.1) is 0 Å². The number of anilines is 1. The molecule has 0 aliphatic carbocycles. The molecular formula is C18H21N5O3S. The third-order valence-electron chi connectivity index (χ3n) is 3.66. The number of sulfonamides is 1. The second kappa shape index (κ2) is 7.82. The van der Waals surface area contributed by atoms with Crippen LogP contribution in [0.15, 0.2) is 41.6 Å². The van der Waals surface area contributed by atoms with E-state index in [1.807, 2.05) is 26.8 Å². The van der Waals surface area contributed by atoms with E-state index in [0.29, 0.717) is 17.1 Å². The molecule has 1 amide bonds. The molecule has 2 aromatic rings. The van der Waals surface area contributed by atoms with Crippen LogP contribution in [0.5, 0.6) is 0 Å². The van der Waals surface area contributed by atoms with Crippen LogP contribution >= 0.6 is 0 Å². The van der Waals surface area contributed by atoms with Crippen molar-refractivity contribution in [1.82, 2.24) is 14.3 Å². The predicted octanol–water partition coefficient (Wildman–Crippen LogP) is 1.90. The van der Waals surface area contributed by atoms with Crippen molar-refractivity contribution in [2.75, 3.05) is 18.9 Å². The van der Waals surface area contributed by atoms with Crippen molar-refractivity contribution in [2.45, 2.75) is 31.1 Å². The number of carbonyl (C=O) groups excluding carboxylic acids is 1. The minimum atomic E-state index is -3.85. The lowest BCUT2D eigenvalue weighted by Gasteiger charge is -2.18. The second-order valence-corrected chi connectivity index (χ2v) is 9.04. The Balaban J connectivity index is 2.05. The first-order chi connectivity index (χ1) is 12.5. The summed E-state index contributed by atoms with van der Waals surface area (Å²) in [4.78, 5) is 20.6. The van der Waals surface area contributed by atoms with Gasteiger partial charge in [0.25, 0.3) is 0 Å². The summed E-state index contributed by atoms with van der Waals surface area (Å²) in [6.07, 6.45) is 2.97. The van der Waals surface area contributed by atoms with E-state index in [-0.39, 0.29) is 16.9 Å². The fourth-order valence-corrected chi connectivity index (χ4v) is 3.28. The lowest BCUT2D eigenvalue weighted by molar-refractivity contribution is -0.116. The van der Waals surface area contributed by atoms with Crippen molar-refractivity contribution in [3.63, 3.8) is 0 Å². The lowest BCUT2D eigenvalue weighted by Crippen LogP contribution is -2.35. The average Bonchev–Trinajstić information content (AvgIpc) is 2.61. The van der Waals surface area contributed by atoms with Gasteiger partial charge >= 0.3 is 0 Å². The standard InChI is InChI=1S/C18H21N5O3S/c1-18(2,3)17-20-10-14(11-21-17)22-16(24)12-23(4)27(25,26)15-7-5-13(9-19)6-8-15/h5-8,10-11H,12H2,1-4H3,(H,22,24). The van der Waals surface area contributed by atoms with E-state index in [9.17, 15) is 13.2 Å². The molecule has 0 aliphatic heterocycles. The maximum atomic E-state index is 12.5. The second-order valence-electron chi connectivity index (χ2n) is 6.99. The molecule has 0 aliphatic rings. The molecule has 1 aromatic carbocycles. The summed E-state index contributed by atoms with van der Waals surface area (Å²) in [5.74, 6) is 0.128. The number of nitrogens with zero attached hydrogens (tertiary/aromatic N) is 4. The largest absolute Gasteiger partial charge is 0.322 e. The van der Waals surface area contributed by atoms with Crippen molar-refractivity contribution < 1.29 is 13.2 Å². The normalized spacial score (nSPS) is 11.9. The van der Waals surface area contributed by atoms with Crippen molar-refractivity contribution in [2.24, 2.45) is 0 Å². The summed E-state index contributed by atoms with van der Waals surface area (Å²) in [5, 5.41) is 11.4. The summed E-state index contributed by atoms with van der Waals surface area (Å²) in [5.41, 5.74) is 0.531. The Morgan fingerprint density at radius 1 is 1.19 bits per heavy atom. The highest BCUT2D eigenvalue weighted by Gasteiger charge is 2.23. The van der Waals surface area contributed by atoms with E-state index < -0.39 is 15.9 Å². The van der Waals surface area contributed by atoms with Crippen LogP contribution in [0.3, 0.4) is 0 Å². The molecule has 2 rings (SSSR count). The number of nitriles is 1. The third-order valence-corrected chi connectivity index (χ3v) is 5.48. The first-order valence-corrected chi connectivity index (χ1v) is 9.57. The van der Waals surface area contributed by atoms with Crippen molar-refractivity contribution in [1.29, 1.82) is 5.26 Å².